The van der Waals surface area contributed by atoms with E-state index in [0.717, 1.165) is 19.6 Å². The Labute approximate surface area is 114 Å². The zero-order valence-electron chi connectivity index (χ0n) is 11.4. The van der Waals surface area contributed by atoms with Crippen molar-refractivity contribution in [3.05, 3.63) is 46.4 Å². The lowest BCUT2D eigenvalue weighted by molar-refractivity contribution is 0.476. The molecule has 2 aromatic heterocycles. The Morgan fingerprint density at radius 2 is 2.17 bits per heavy atom. The smallest absolute Gasteiger partial charge is 0.0220 e. The first-order valence-electron chi connectivity index (χ1n) is 6.51. The van der Waals surface area contributed by atoms with Gasteiger partial charge in [-0.15, -0.1) is 11.3 Å². The van der Waals surface area contributed by atoms with Gasteiger partial charge in [-0.2, -0.15) is 0 Å². The molecule has 0 unspecified atom stereocenters. The summed E-state index contributed by atoms with van der Waals surface area (Å²) in [7, 11) is 0. The summed E-state index contributed by atoms with van der Waals surface area (Å²) in [6.45, 7) is 9.75. The van der Waals surface area contributed by atoms with Crippen molar-refractivity contribution >= 4 is 11.3 Å². The number of thiophene rings is 1. The van der Waals surface area contributed by atoms with Gasteiger partial charge in [0, 0.05) is 42.3 Å². The number of rotatable bonds is 6. The third-order valence-corrected chi connectivity index (χ3v) is 4.50. The second-order valence-electron chi connectivity index (χ2n) is 5.31. The Kier molecular flexibility index (Phi) is 4.25. The van der Waals surface area contributed by atoms with Gasteiger partial charge in [0.25, 0.3) is 0 Å². The van der Waals surface area contributed by atoms with E-state index in [0.29, 0.717) is 0 Å². The number of hydrogen-bond donors (Lipinski definition) is 1. The van der Waals surface area contributed by atoms with Crippen molar-refractivity contribution in [2.45, 2.75) is 39.3 Å². The standard InChI is InChI=1S/C15H22N2S/c1-4-17-8-7-13(11-17)10-16-12-15(2,3)14-6-5-9-18-14/h5-9,11,16H,4,10,12H2,1-3H3. The van der Waals surface area contributed by atoms with Gasteiger partial charge in [-0.25, -0.2) is 0 Å². The first-order chi connectivity index (χ1) is 8.62. The minimum atomic E-state index is 0.210. The highest BCUT2D eigenvalue weighted by atomic mass is 32.1. The van der Waals surface area contributed by atoms with E-state index in [1.165, 1.54) is 10.4 Å². The van der Waals surface area contributed by atoms with Crippen molar-refractivity contribution in [2.24, 2.45) is 0 Å². The fourth-order valence-electron chi connectivity index (χ4n) is 2.06. The van der Waals surface area contributed by atoms with E-state index >= 15 is 0 Å². The summed E-state index contributed by atoms with van der Waals surface area (Å²) in [4.78, 5) is 1.45. The van der Waals surface area contributed by atoms with E-state index < -0.39 is 0 Å². The van der Waals surface area contributed by atoms with Crippen molar-refractivity contribution in [3.8, 4) is 0 Å². The molecule has 2 nitrogen and oxygen atoms in total. The molecule has 0 atom stereocenters. The van der Waals surface area contributed by atoms with Crippen LogP contribution < -0.4 is 5.32 Å². The van der Waals surface area contributed by atoms with Crippen LogP contribution in [0.3, 0.4) is 0 Å². The molecule has 0 aliphatic rings. The van der Waals surface area contributed by atoms with Gasteiger partial charge in [0.15, 0.2) is 0 Å². The molecular weight excluding hydrogens is 240 g/mol. The predicted molar refractivity (Wildman–Crippen MR) is 79.2 cm³/mol. The summed E-state index contributed by atoms with van der Waals surface area (Å²) in [5.74, 6) is 0. The normalized spacial score (nSPS) is 11.9. The lowest BCUT2D eigenvalue weighted by Gasteiger charge is -2.23. The van der Waals surface area contributed by atoms with Crippen molar-refractivity contribution in [3.63, 3.8) is 0 Å². The quantitative estimate of drug-likeness (QED) is 0.841. The Morgan fingerprint density at radius 1 is 1.33 bits per heavy atom. The second kappa shape index (κ2) is 5.72. The highest BCUT2D eigenvalue weighted by molar-refractivity contribution is 7.10. The molecule has 0 bridgehead atoms. The Morgan fingerprint density at radius 3 is 2.78 bits per heavy atom. The highest BCUT2D eigenvalue weighted by Crippen LogP contribution is 2.26. The monoisotopic (exact) mass is 262 g/mol. The third-order valence-electron chi connectivity index (χ3n) is 3.26. The van der Waals surface area contributed by atoms with Crippen LogP contribution in [0.25, 0.3) is 0 Å². The second-order valence-corrected chi connectivity index (χ2v) is 6.26. The fourth-order valence-corrected chi connectivity index (χ4v) is 2.91. The van der Waals surface area contributed by atoms with Gasteiger partial charge in [-0.05, 0) is 30.0 Å². The summed E-state index contributed by atoms with van der Waals surface area (Å²) >= 11 is 1.84. The average Bonchev–Trinajstić information content (AvgIpc) is 3.00. The molecule has 2 heterocycles. The Balaban J connectivity index is 1.85. The molecule has 0 aliphatic carbocycles. The minimum Gasteiger partial charge on any atom is -0.354 e. The molecule has 18 heavy (non-hydrogen) atoms. The molecule has 0 saturated heterocycles. The number of hydrogen-bond acceptors (Lipinski definition) is 2. The maximum absolute atomic E-state index is 3.56. The summed E-state index contributed by atoms with van der Waals surface area (Å²) in [6, 6.07) is 6.54. The molecule has 0 aromatic carbocycles. The first kappa shape index (κ1) is 13.4. The topological polar surface area (TPSA) is 17.0 Å². The minimum absolute atomic E-state index is 0.210. The number of aromatic nitrogens is 1. The molecule has 1 N–H and O–H groups in total. The molecule has 3 heteroatoms. The molecule has 2 rings (SSSR count). The van der Waals surface area contributed by atoms with E-state index in [4.69, 9.17) is 0 Å². The zero-order chi connectivity index (χ0) is 13.0. The van der Waals surface area contributed by atoms with Gasteiger partial charge in [0.2, 0.25) is 0 Å². The molecule has 0 fully saturated rings. The lowest BCUT2D eigenvalue weighted by Crippen LogP contribution is -2.31. The lowest BCUT2D eigenvalue weighted by atomic mass is 9.91. The summed E-state index contributed by atoms with van der Waals surface area (Å²) in [6.07, 6.45) is 4.35. The van der Waals surface area contributed by atoms with Gasteiger partial charge in [-0.1, -0.05) is 19.9 Å². The van der Waals surface area contributed by atoms with E-state index in [9.17, 15) is 0 Å². The maximum atomic E-state index is 3.56. The van der Waals surface area contributed by atoms with E-state index in [-0.39, 0.29) is 5.41 Å². The summed E-state index contributed by atoms with van der Waals surface area (Å²) < 4.78 is 2.21. The molecule has 2 aromatic rings. The number of nitrogens with zero attached hydrogens (tertiary/aromatic N) is 1. The number of aryl methyl sites for hydroxylation is 1. The van der Waals surface area contributed by atoms with Gasteiger partial charge < -0.3 is 9.88 Å². The molecule has 0 amide bonds. The highest BCUT2D eigenvalue weighted by Gasteiger charge is 2.20. The predicted octanol–water partition coefficient (Wildman–Crippen LogP) is 3.64. The third kappa shape index (κ3) is 3.24. The average molecular weight is 262 g/mol. The van der Waals surface area contributed by atoms with Crippen LogP contribution in [0.4, 0.5) is 0 Å². The molecule has 0 aliphatic heterocycles. The molecular formula is C15H22N2S. The van der Waals surface area contributed by atoms with Crippen LogP contribution in [-0.2, 0) is 18.5 Å². The van der Waals surface area contributed by atoms with E-state index in [2.05, 4.69) is 66.6 Å². The van der Waals surface area contributed by atoms with Gasteiger partial charge in [0.1, 0.15) is 0 Å². The van der Waals surface area contributed by atoms with Crippen LogP contribution >= 0.6 is 11.3 Å². The largest absolute Gasteiger partial charge is 0.354 e. The Hall–Kier alpha value is -1.06. The van der Waals surface area contributed by atoms with Crippen LogP contribution in [0.15, 0.2) is 36.0 Å². The van der Waals surface area contributed by atoms with E-state index in [1.54, 1.807) is 0 Å². The van der Waals surface area contributed by atoms with Crippen LogP contribution in [0.5, 0.6) is 0 Å². The number of nitrogens with one attached hydrogen (secondary N) is 1. The molecule has 0 radical (unpaired) electrons. The summed E-state index contributed by atoms with van der Waals surface area (Å²) in [5.41, 5.74) is 1.57. The maximum Gasteiger partial charge on any atom is 0.0220 e. The van der Waals surface area contributed by atoms with Gasteiger partial charge in [-0.3, -0.25) is 0 Å². The van der Waals surface area contributed by atoms with Crippen molar-refractivity contribution in [2.75, 3.05) is 6.54 Å². The molecule has 98 valence electrons. The first-order valence-corrected chi connectivity index (χ1v) is 7.39. The molecule has 0 spiro atoms. The zero-order valence-corrected chi connectivity index (χ0v) is 12.3. The van der Waals surface area contributed by atoms with Crippen molar-refractivity contribution < 1.29 is 0 Å². The van der Waals surface area contributed by atoms with Crippen LogP contribution in [0.1, 0.15) is 31.2 Å². The summed E-state index contributed by atoms with van der Waals surface area (Å²) in [5, 5.41) is 5.71. The van der Waals surface area contributed by atoms with Gasteiger partial charge >= 0.3 is 0 Å². The van der Waals surface area contributed by atoms with Crippen LogP contribution in [0.2, 0.25) is 0 Å². The van der Waals surface area contributed by atoms with E-state index in [1.807, 2.05) is 11.3 Å². The van der Waals surface area contributed by atoms with Crippen LogP contribution in [-0.4, -0.2) is 11.1 Å². The van der Waals surface area contributed by atoms with Crippen molar-refractivity contribution in [1.82, 2.24) is 9.88 Å². The fraction of sp³-hybridized carbons (Fsp3) is 0.467. The van der Waals surface area contributed by atoms with Crippen LogP contribution in [0, 0.1) is 0 Å². The molecule has 0 saturated carbocycles. The SMILES string of the molecule is CCn1ccc(CNCC(C)(C)c2cccs2)c1. The van der Waals surface area contributed by atoms with Gasteiger partial charge in [0.05, 0.1) is 0 Å². The Bertz CT molecular complexity index is 468. The van der Waals surface area contributed by atoms with Crippen molar-refractivity contribution in [1.29, 1.82) is 0 Å².